The zero-order valence-corrected chi connectivity index (χ0v) is 54.2. The molecule has 0 saturated carbocycles. The number of fused-ring (bicyclic) bond motifs is 2. The van der Waals surface area contributed by atoms with Crippen molar-refractivity contribution >= 4 is 73.5 Å². The van der Waals surface area contributed by atoms with Crippen molar-refractivity contribution < 1.29 is 70.6 Å². The largest absolute Gasteiger partial charge is 0.480 e. The Labute approximate surface area is 530 Å². The highest BCUT2D eigenvalue weighted by Gasteiger charge is 2.27. The Balaban J connectivity index is 0.000000158. The lowest BCUT2D eigenvalue weighted by Gasteiger charge is -2.34. The summed E-state index contributed by atoms with van der Waals surface area (Å²) in [6.45, 7) is 12.9. The Morgan fingerprint density at radius 2 is 0.848 bits per heavy atom. The van der Waals surface area contributed by atoms with E-state index in [2.05, 4.69) is 87.3 Å². The van der Waals surface area contributed by atoms with Crippen LogP contribution in [0.5, 0.6) is 11.8 Å². The number of nitrogens with zero attached hydrogens (tertiary/aromatic N) is 8. The highest BCUT2D eigenvalue weighted by Crippen LogP contribution is 2.38. The van der Waals surface area contributed by atoms with Gasteiger partial charge in [-0.3, -0.25) is 38.5 Å². The van der Waals surface area contributed by atoms with Crippen LogP contribution in [0.2, 0.25) is 0 Å². The minimum absolute atomic E-state index is 0.165. The third-order valence-corrected chi connectivity index (χ3v) is 17.3. The maximum Gasteiger partial charge on any atom is 0.294 e. The van der Waals surface area contributed by atoms with Crippen LogP contribution in [0.15, 0.2) is 141 Å². The third-order valence-electron chi connectivity index (χ3n) is 14.4. The van der Waals surface area contributed by atoms with Gasteiger partial charge >= 0.3 is 0 Å². The summed E-state index contributed by atoms with van der Waals surface area (Å²) in [6, 6.07) is 21.9. The summed E-state index contributed by atoms with van der Waals surface area (Å²) in [5.41, 5.74) is 7.79. The molecule has 4 aromatic carbocycles. The molecule has 2 fully saturated rings. The number of rotatable bonds is 17. The summed E-state index contributed by atoms with van der Waals surface area (Å²) in [7, 11) is -12.7. The number of aromatic amines is 2. The molecule has 4 atom stereocenters. The number of morpholine rings is 2. The van der Waals surface area contributed by atoms with E-state index in [9.17, 15) is 33.7 Å². The molecule has 0 radical (unpaired) electrons. The molecule has 8 heterocycles. The van der Waals surface area contributed by atoms with E-state index >= 15 is 0 Å². The van der Waals surface area contributed by atoms with E-state index in [1.807, 2.05) is 24.3 Å². The number of methoxy groups -OCH3 is 2. The number of hydrogen-bond donors (Lipinski definition) is 6. The SMILES string of the molecule is COc1ncc(-c2cc(-c3ncc(CN4C[C@@H](C)O[C@@H](C)C4)o3)c3cn[nH]c3c2)cc1NS(C)(=O)=O.COc1ncc(-c2cc(-c3ncc(CN4C[C@@H](C)O[C@@H](C)C4)o3)c3cn[nH]c3c2)cc1NS(C)(=O)=O.O=S(=O)(O)c1ccc(-c2ccc(S(=O)(=O)O)cc2)cc1. The van der Waals surface area contributed by atoms with E-state index in [0.29, 0.717) is 47.1 Å². The Kier molecular flexibility index (Phi) is 19.6. The lowest BCUT2D eigenvalue weighted by atomic mass is 10.0. The Morgan fingerprint density at radius 1 is 0.489 bits per heavy atom. The molecule has 0 bridgehead atoms. The predicted molar refractivity (Wildman–Crippen MR) is 342 cm³/mol. The van der Waals surface area contributed by atoms with Crippen LogP contribution in [-0.2, 0) is 62.8 Å². The Hall–Kier alpha value is -8.70. The lowest BCUT2D eigenvalue weighted by Crippen LogP contribution is -2.44. The predicted octanol–water partition coefficient (Wildman–Crippen LogP) is 8.39. The second kappa shape index (κ2) is 27.2. The van der Waals surface area contributed by atoms with Crippen LogP contribution in [0.4, 0.5) is 11.4 Å². The number of aromatic nitrogens is 8. The first-order chi connectivity index (χ1) is 43.5. The lowest BCUT2D eigenvalue weighted by molar-refractivity contribution is -0.0720. The van der Waals surface area contributed by atoms with E-state index in [-0.39, 0.29) is 57.3 Å². The van der Waals surface area contributed by atoms with Crippen molar-refractivity contribution in [2.75, 3.05) is 62.4 Å². The number of H-pyrrole nitrogens is 2. The van der Waals surface area contributed by atoms with Gasteiger partial charge in [0.2, 0.25) is 43.6 Å². The van der Waals surface area contributed by atoms with E-state index < -0.39 is 40.3 Å². The Bertz CT molecular complexity index is 4430. The Morgan fingerprint density at radius 3 is 1.17 bits per heavy atom. The molecule has 2 aliphatic rings. The minimum Gasteiger partial charge on any atom is -0.480 e. The summed E-state index contributed by atoms with van der Waals surface area (Å²) in [4.78, 5) is 21.8. The zero-order chi connectivity index (χ0) is 65.9. The molecule has 12 rings (SSSR count). The molecule has 92 heavy (non-hydrogen) atoms. The summed E-state index contributed by atoms with van der Waals surface area (Å²) >= 11 is 0. The van der Waals surface area contributed by atoms with Crippen LogP contribution < -0.4 is 18.9 Å². The molecule has 10 aromatic rings. The minimum atomic E-state index is -4.24. The number of ether oxygens (including phenoxy) is 4. The second-order valence-corrected chi connectivity index (χ2v) is 28.5. The van der Waals surface area contributed by atoms with Gasteiger partial charge in [0.15, 0.2) is 0 Å². The average Bonchev–Trinajstić information content (AvgIpc) is 1.55. The highest BCUT2D eigenvalue weighted by molar-refractivity contribution is 7.92. The summed E-state index contributed by atoms with van der Waals surface area (Å²) in [6.07, 6.45) is 13.0. The van der Waals surface area contributed by atoms with E-state index in [0.717, 1.165) is 94.3 Å². The standard InChI is InChI=1S/2C24H28N6O5S.C12H10O6S2/c2*1-14-11-30(12-15(2)34-14)13-18-9-26-23(35-18)19-5-16(6-21-20(19)10-27-28-21)17-7-22(29-36(4,31)32)24(33-3)25-8-17;13-19(14,15)11-5-1-9(2-6-11)10-3-7-12(8-4-10)20(16,17)18/h2*5-10,14-15,29H,11-13H2,1-4H3,(H,27,28);1-8H,(H,13,14,15)(H,16,17,18)/t2*14-,15+;. The molecule has 2 aliphatic heterocycles. The molecule has 486 valence electrons. The van der Waals surface area contributed by atoms with Crippen molar-refractivity contribution in [3.8, 4) is 68.0 Å². The van der Waals surface area contributed by atoms with Gasteiger partial charge < -0.3 is 27.8 Å². The van der Waals surface area contributed by atoms with Crippen molar-refractivity contribution in [2.24, 2.45) is 0 Å². The number of sulfonamides is 2. The third kappa shape index (κ3) is 16.7. The molecule has 0 amide bonds. The van der Waals surface area contributed by atoms with Crippen LogP contribution in [-0.4, -0.2) is 170 Å². The van der Waals surface area contributed by atoms with Crippen LogP contribution in [0.1, 0.15) is 39.2 Å². The molecular weight excluding hydrogens is 1270 g/mol. The quantitative estimate of drug-likeness (QED) is 0.0466. The fraction of sp³-hybridized carbons (Fsp3) is 0.300. The van der Waals surface area contributed by atoms with Gasteiger partial charge in [-0.1, -0.05) is 24.3 Å². The molecule has 6 N–H and O–H groups in total. The summed E-state index contributed by atoms with van der Waals surface area (Å²) in [5, 5.41) is 16.1. The maximum absolute atomic E-state index is 11.8. The van der Waals surface area contributed by atoms with Crippen LogP contribution in [0.25, 0.3) is 78.1 Å². The monoisotopic (exact) mass is 1340 g/mol. The molecule has 32 heteroatoms. The zero-order valence-electron chi connectivity index (χ0n) is 50.9. The number of anilines is 2. The van der Waals surface area contributed by atoms with Gasteiger partial charge in [0, 0.05) is 71.6 Å². The number of nitrogens with one attached hydrogen (secondary N) is 4. The van der Waals surface area contributed by atoms with Crippen molar-refractivity contribution in [2.45, 2.75) is 75.0 Å². The van der Waals surface area contributed by atoms with Gasteiger partial charge in [-0.05, 0) is 111 Å². The first-order valence-corrected chi connectivity index (χ1v) is 35.0. The highest BCUT2D eigenvalue weighted by atomic mass is 32.2. The number of benzene rings is 4. The number of hydrogen-bond acceptors (Lipinski definition) is 22. The smallest absolute Gasteiger partial charge is 0.294 e. The van der Waals surface area contributed by atoms with Gasteiger partial charge in [-0.25, -0.2) is 36.8 Å². The average molecular weight is 1340 g/mol. The fourth-order valence-electron chi connectivity index (χ4n) is 10.8. The summed E-state index contributed by atoms with van der Waals surface area (Å²) in [5.74, 6) is 2.83. The van der Waals surface area contributed by atoms with Crippen molar-refractivity contribution in [1.82, 2.24) is 50.1 Å². The van der Waals surface area contributed by atoms with Crippen molar-refractivity contribution in [3.05, 3.63) is 134 Å². The number of oxazole rings is 2. The summed E-state index contributed by atoms with van der Waals surface area (Å²) < 4.78 is 148. The first kappa shape index (κ1) is 66.2. The molecule has 0 aliphatic carbocycles. The van der Waals surface area contributed by atoms with Gasteiger partial charge in [-0.2, -0.15) is 27.0 Å². The van der Waals surface area contributed by atoms with Crippen LogP contribution >= 0.6 is 0 Å². The number of pyridine rings is 2. The van der Waals surface area contributed by atoms with Gasteiger partial charge in [-0.15, -0.1) is 0 Å². The van der Waals surface area contributed by atoms with Gasteiger partial charge in [0.25, 0.3) is 20.2 Å². The molecule has 6 aromatic heterocycles. The van der Waals surface area contributed by atoms with Crippen molar-refractivity contribution in [1.29, 1.82) is 0 Å². The molecule has 0 spiro atoms. The van der Waals surface area contributed by atoms with E-state index in [1.54, 1.807) is 49.3 Å². The molecular formula is C60H66N12O16S4. The maximum atomic E-state index is 11.8. The molecule has 0 unspecified atom stereocenters. The van der Waals surface area contributed by atoms with Gasteiger partial charge in [0.1, 0.15) is 22.9 Å². The second-order valence-electron chi connectivity index (χ2n) is 22.2. The fourth-order valence-corrected chi connectivity index (χ4v) is 12.8. The topological polar surface area (TPSA) is 380 Å². The van der Waals surface area contributed by atoms with Crippen LogP contribution in [0, 0.1) is 0 Å². The van der Waals surface area contributed by atoms with Crippen LogP contribution in [0.3, 0.4) is 0 Å². The normalized spacial score (nSPS) is 17.5. The molecule has 28 nitrogen and oxygen atoms in total. The van der Waals surface area contributed by atoms with E-state index in [1.165, 1.54) is 62.8 Å². The first-order valence-electron chi connectivity index (χ1n) is 28.3. The van der Waals surface area contributed by atoms with E-state index in [4.69, 9.17) is 36.9 Å². The van der Waals surface area contributed by atoms with Gasteiger partial charge in [0.05, 0.1) is 110 Å². The van der Waals surface area contributed by atoms with Crippen molar-refractivity contribution in [3.63, 3.8) is 0 Å². The molecule has 2 saturated heterocycles.